The second-order valence-corrected chi connectivity index (χ2v) is 8.25. The van der Waals surface area contributed by atoms with E-state index in [9.17, 15) is 22.3 Å². The highest BCUT2D eigenvalue weighted by Crippen LogP contribution is 2.20. The minimum Gasteiger partial charge on any atom is -0.389 e. The molecule has 9 heteroatoms. The van der Waals surface area contributed by atoms with Crippen LogP contribution in [0, 0.1) is 11.6 Å². The highest BCUT2D eigenvalue weighted by molar-refractivity contribution is 7.89. The number of piperazine rings is 1. The lowest BCUT2D eigenvalue weighted by molar-refractivity contribution is -0.0117. The van der Waals surface area contributed by atoms with E-state index in [1.807, 2.05) is 18.7 Å². The SMILES string of the molecule is CC(C)OCC(O)CN1CCN(S(=O)(=O)c2ccc(F)c(F)c2)CC1. The summed E-state index contributed by atoms with van der Waals surface area (Å²) in [7, 11) is -3.86. The van der Waals surface area contributed by atoms with Crippen LogP contribution < -0.4 is 0 Å². The normalized spacial score (nSPS) is 18.6. The van der Waals surface area contributed by atoms with Gasteiger partial charge in [0.15, 0.2) is 11.6 Å². The Labute approximate surface area is 147 Å². The van der Waals surface area contributed by atoms with Crippen LogP contribution in [0.15, 0.2) is 23.1 Å². The van der Waals surface area contributed by atoms with Crippen LogP contribution in [-0.2, 0) is 14.8 Å². The van der Waals surface area contributed by atoms with Crippen molar-refractivity contribution in [1.29, 1.82) is 0 Å². The van der Waals surface area contributed by atoms with Crippen molar-refractivity contribution < 1.29 is 27.0 Å². The lowest BCUT2D eigenvalue weighted by Gasteiger charge is -2.34. The van der Waals surface area contributed by atoms with Crippen molar-refractivity contribution >= 4 is 10.0 Å². The molecule has 0 spiro atoms. The van der Waals surface area contributed by atoms with Crippen molar-refractivity contribution in [1.82, 2.24) is 9.21 Å². The summed E-state index contributed by atoms with van der Waals surface area (Å²) in [6.45, 7) is 5.72. The van der Waals surface area contributed by atoms with E-state index in [2.05, 4.69) is 0 Å². The molecule has 0 saturated carbocycles. The smallest absolute Gasteiger partial charge is 0.243 e. The number of hydrogen-bond donors (Lipinski definition) is 1. The highest BCUT2D eigenvalue weighted by atomic mass is 32.2. The molecule has 1 aromatic rings. The summed E-state index contributed by atoms with van der Waals surface area (Å²) >= 11 is 0. The standard InChI is InChI=1S/C16H24F2N2O4S/c1-12(2)24-11-13(21)10-19-5-7-20(8-6-19)25(22,23)14-3-4-15(17)16(18)9-14/h3-4,9,12-13,21H,5-8,10-11H2,1-2H3. The van der Waals surface area contributed by atoms with E-state index in [1.165, 1.54) is 4.31 Å². The lowest BCUT2D eigenvalue weighted by Crippen LogP contribution is -2.50. The largest absolute Gasteiger partial charge is 0.389 e. The summed E-state index contributed by atoms with van der Waals surface area (Å²) in [6, 6.07) is 2.57. The second-order valence-electron chi connectivity index (χ2n) is 6.32. The fraction of sp³-hybridized carbons (Fsp3) is 0.625. The van der Waals surface area contributed by atoms with Gasteiger partial charge in [0, 0.05) is 32.7 Å². The Balaban J connectivity index is 1.91. The maximum absolute atomic E-state index is 13.3. The summed E-state index contributed by atoms with van der Waals surface area (Å²) in [4.78, 5) is 1.69. The van der Waals surface area contributed by atoms with Gasteiger partial charge < -0.3 is 9.84 Å². The number of aliphatic hydroxyl groups is 1. The fourth-order valence-corrected chi connectivity index (χ4v) is 4.03. The molecule has 1 N–H and O–H groups in total. The van der Waals surface area contributed by atoms with Gasteiger partial charge >= 0.3 is 0 Å². The average Bonchev–Trinajstić information content (AvgIpc) is 2.56. The number of benzene rings is 1. The number of hydrogen-bond acceptors (Lipinski definition) is 5. The number of halogens is 2. The highest BCUT2D eigenvalue weighted by Gasteiger charge is 2.29. The third-order valence-electron chi connectivity index (χ3n) is 3.95. The van der Waals surface area contributed by atoms with Crippen LogP contribution in [0.25, 0.3) is 0 Å². The summed E-state index contributed by atoms with van der Waals surface area (Å²) in [6.07, 6.45) is -0.607. The molecule has 1 aliphatic heterocycles. The van der Waals surface area contributed by atoms with E-state index in [1.54, 1.807) is 0 Å². The first-order chi connectivity index (χ1) is 11.7. The second kappa shape index (κ2) is 8.50. The van der Waals surface area contributed by atoms with Crippen LogP contribution in [0.5, 0.6) is 0 Å². The van der Waals surface area contributed by atoms with Gasteiger partial charge in [0.25, 0.3) is 0 Å². The van der Waals surface area contributed by atoms with Crippen LogP contribution >= 0.6 is 0 Å². The molecule has 1 aromatic carbocycles. The fourth-order valence-electron chi connectivity index (χ4n) is 2.59. The summed E-state index contributed by atoms with van der Waals surface area (Å²) in [5.41, 5.74) is 0. The maximum atomic E-state index is 13.3. The molecule has 1 saturated heterocycles. The average molecular weight is 378 g/mol. The predicted molar refractivity (Wildman–Crippen MR) is 88.7 cm³/mol. The monoisotopic (exact) mass is 378 g/mol. The van der Waals surface area contributed by atoms with Crippen LogP contribution in [0.2, 0.25) is 0 Å². The van der Waals surface area contributed by atoms with Crippen molar-refractivity contribution in [2.45, 2.75) is 31.0 Å². The molecule has 0 amide bonds. The zero-order valence-electron chi connectivity index (χ0n) is 14.4. The molecular weight excluding hydrogens is 354 g/mol. The number of ether oxygens (including phenoxy) is 1. The van der Waals surface area contributed by atoms with E-state index in [-0.39, 0.29) is 30.7 Å². The molecular formula is C16H24F2N2O4S. The Hall–Kier alpha value is -1.13. The molecule has 1 heterocycles. The van der Waals surface area contributed by atoms with E-state index in [0.29, 0.717) is 25.7 Å². The van der Waals surface area contributed by atoms with Gasteiger partial charge in [0.05, 0.1) is 23.7 Å². The molecule has 1 unspecified atom stereocenters. The van der Waals surface area contributed by atoms with E-state index in [4.69, 9.17) is 4.74 Å². The van der Waals surface area contributed by atoms with Crippen molar-refractivity contribution in [2.75, 3.05) is 39.3 Å². The van der Waals surface area contributed by atoms with Gasteiger partial charge in [-0.25, -0.2) is 17.2 Å². The van der Waals surface area contributed by atoms with Crippen molar-refractivity contribution in [3.8, 4) is 0 Å². The molecule has 2 rings (SSSR count). The Morgan fingerprint density at radius 2 is 1.80 bits per heavy atom. The summed E-state index contributed by atoms with van der Waals surface area (Å²) in [5, 5.41) is 9.93. The van der Waals surface area contributed by atoms with Gasteiger partial charge in [-0.2, -0.15) is 4.31 Å². The molecule has 1 fully saturated rings. The van der Waals surface area contributed by atoms with Gasteiger partial charge in [-0.1, -0.05) is 0 Å². The summed E-state index contributed by atoms with van der Waals surface area (Å²) < 4.78 is 57.9. The van der Waals surface area contributed by atoms with E-state index < -0.39 is 27.8 Å². The Kier molecular flexibility index (Phi) is 6.86. The zero-order chi connectivity index (χ0) is 18.6. The Morgan fingerprint density at radius 3 is 2.36 bits per heavy atom. The molecule has 0 radical (unpaired) electrons. The maximum Gasteiger partial charge on any atom is 0.243 e. The molecule has 142 valence electrons. The van der Waals surface area contributed by atoms with E-state index in [0.717, 1.165) is 12.1 Å². The first-order valence-electron chi connectivity index (χ1n) is 8.17. The molecule has 0 aliphatic carbocycles. The van der Waals surface area contributed by atoms with Crippen molar-refractivity contribution in [3.63, 3.8) is 0 Å². The van der Waals surface area contributed by atoms with Gasteiger partial charge in [-0.15, -0.1) is 0 Å². The topological polar surface area (TPSA) is 70.1 Å². The molecule has 1 aliphatic rings. The first-order valence-corrected chi connectivity index (χ1v) is 9.61. The van der Waals surface area contributed by atoms with Gasteiger partial charge in [0.2, 0.25) is 10.0 Å². The minimum atomic E-state index is -3.86. The molecule has 25 heavy (non-hydrogen) atoms. The first kappa shape index (κ1) is 20.2. The molecule has 6 nitrogen and oxygen atoms in total. The minimum absolute atomic E-state index is 0.0349. The van der Waals surface area contributed by atoms with Crippen molar-refractivity contribution in [2.24, 2.45) is 0 Å². The van der Waals surface area contributed by atoms with Crippen LogP contribution in [0.3, 0.4) is 0 Å². The third kappa shape index (κ3) is 5.42. The third-order valence-corrected chi connectivity index (χ3v) is 5.85. The summed E-state index contributed by atoms with van der Waals surface area (Å²) in [5.74, 6) is -2.27. The molecule has 0 aromatic heterocycles. The van der Waals surface area contributed by atoms with Crippen LogP contribution in [0.4, 0.5) is 8.78 Å². The van der Waals surface area contributed by atoms with Gasteiger partial charge in [0.1, 0.15) is 0 Å². The van der Waals surface area contributed by atoms with Gasteiger partial charge in [-0.05, 0) is 32.0 Å². The zero-order valence-corrected chi connectivity index (χ0v) is 15.2. The Morgan fingerprint density at radius 1 is 1.16 bits per heavy atom. The van der Waals surface area contributed by atoms with E-state index >= 15 is 0 Å². The van der Waals surface area contributed by atoms with Crippen LogP contribution in [-0.4, -0.2) is 74.3 Å². The number of rotatable bonds is 7. The lowest BCUT2D eigenvalue weighted by atomic mass is 10.3. The number of nitrogens with zero attached hydrogens (tertiary/aromatic N) is 2. The predicted octanol–water partition coefficient (Wildman–Crippen LogP) is 1.06. The number of β-amino-alcohol motifs (C(OH)–C–C–N with tert-alkyl or cyclic N) is 1. The van der Waals surface area contributed by atoms with Crippen molar-refractivity contribution in [3.05, 3.63) is 29.8 Å². The number of aliphatic hydroxyl groups excluding tert-OH is 1. The molecule has 1 atom stereocenters. The quantitative estimate of drug-likeness (QED) is 0.768. The number of sulfonamides is 1. The van der Waals surface area contributed by atoms with Crippen LogP contribution in [0.1, 0.15) is 13.8 Å². The van der Waals surface area contributed by atoms with Gasteiger partial charge in [-0.3, -0.25) is 4.90 Å². The Bertz CT molecular complexity index is 677. The molecule has 0 bridgehead atoms.